The van der Waals surface area contributed by atoms with Gasteiger partial charge in [-0.15, -0.1) is 0 Å². The number of carbonyl (C=O) groups is 1. The predicted molar refractivity (Wildman–Crippen MR) is 89.9 cm³/mol. The van der Waals surface area contributed by atoms with Gasteiger partial charge in [0.1, 0.15) is 11.9 Å². The molecule has 0 aromatic carbocycles. The Balaban J connectivity index is 1.46. The van der Waals surface area contributed by atoms with Gasteiger partial charge in [-0.2, -0.15) is 4.98 Å². The third-order valence-electron chi connectivity index (χ3n) is 4.31. The van der Waals surface area contributed by atoms with E-state index in [-0.39, 0.29) is 18.1 Å². The first-order chi connectivity index (χ1) is 12.0. The van der Waals surface area contributed by atoms with Gasteiger partial charge in [-0.3, -0.25) is 4.79 Å². The molecule has 2 aromatic heterocycles. The molecule has 0 unspecified atom stereocenters. The molecule has 1 N–H and O–H groups in total. The van der Waals surface area contributed by atoms with Crippen LogP contribution in [0.15, 0.2) is 10.7 Å². The van der Waals surface area contributed by atoms with E-state index in [0.717, 1.165) is 30.9 Å². The minimum atomic E-state index is -0.202. The highest BCUT2D eigenvalue weighted by Crippen LogP contribution is 2.16. The normalized spacial score (nSPS) is 18.0. The van der Waals surface area contributed by atoms with Gasteiger partial charge in [0, 0.05) is 44.7 Å². The van der Waals surface area contributed by atoms with Crippen molar-refractivity contribution in [3.63, 3.8) is 0 Å². The van der Waals surface area contributed by atoms with Crippen LogP contribution in [0.1, 0.15) is 56.0 Å². The maximum Gasteiger partial charge on any atom is 0.227 e. The Morgan fingerprint density at radius 3 is 3.16 bits per heavy atom. The molecule has 0 aliphatic carbocycles. The first-order valence-corrected chi connectivity index (χ1v) is 8.81. The van der Waals surface area contributed by atoms with Gasteiger partial charge < -0.3 is 19.1 Å². The second kappa shape index (κ2) is 7.77. The number of rotatable bonds is 7. The first kappa shape index (κ1) is 17.6. The molecule has 25 heavy (non-hydrogen) atoms. The highest BCUT2D eigenvalue weighted by Gasteiger charge is 2.21. The molecular weight excluding hydrogens is 322 g/mol. The molecule has 3 heterocycles. The van der Waals surface area contributed by atoms with Gasteiger partial charge in [-0.25, -0.2) is 4.98 Å². The summed E-state index contributed by atoms with van der Waals surface area (Å²) in [5.41, 5.74) is 1.02. The summed E-state index contributed by atoms with van der Waals surface area (Å²) in [7, 11) is 0. The summed E-state index contributed by atoms with van der Waals surface area (Å²) < 4.78 is 12.7. The van der Waals surface area contributed by atoms with Crippen molar-refractivity contribution in [1.82, 2.24) is 25.0 Å². The molecule has 8 heteroatoms. The Hall–Kier alpha value is -2.22. The smallest absolute Gasteiger partial charge is 0.227 e. The molecule has 1 amide bonds. The van der Waals surface area contributed by atoms with Gasteiger partial charge in [-0.1, -0.05) is 5.16 Å². The number of imidazole rings is 1. The lowest BCUT2D eigenvalue weighted by atomic mass is 10.1. The molecule has 1 aliphatic rings. The highest BCUT2D eigenvalue weighted by atomic mass is 16.5. The van der Waals surface area contributed by atoms with Crippen LogP contribution in [0, 0.1) is 6.92 Å². The zero-order chi connectivity index (χ0) is 17.8. The van der Waals surface area contributed by atoms with Gasteiger partial charge in [0.15, 0.2) is 5.82 Å². The van der Waals surface area contributed by atoms with Gasteiger partial charge in [0.2, 0.25) is 11.8 Å². The van der Waals surface area contributed by atoms with E-state index in [0.29, 0.717) is 31.2 Å². The van der Waals surface area contributed by atoms with E-state index in [2.05, 4.69) is 25.0 Å². The third-order valence-corrected chi connectivity index (χ3v) is 4.31. The maximum absolute atomic E-state index is 12.2. The number of hydrogen-bond acceptors (Lipinski definition) is 6. The summed E-state index contributed by atoms with van der Waals surface area (Å²) >= 11 is 0. The number of amides is 1. The molecule has 136 valence electrons. The van der Waals surface area contributed by atoms with Crippen LogP contribution in [0.3, 0.4) is 0 Å². The lowest BCUT2D eigenvalue weighted by Gasteiger charge is -2.24. The third kappa shape index (κ3) is 4.45. The molecule has 0 saturated carbocycles. The van der Waals surface area contributed by atoms with Gasteiger partial charge >= 0.3 is 0 Å². The van der Waals surface area contributed by atoms with Crippen molar-refractivity contribution in [2.75, 3.05) is 6.61 Å². The molecule has 0 fully saturated rings. The monoisotopic (exact) mass is 347 g/mol. The van der Waals surface area contributed by atoms with Gasteiger partial charge in [0.25, 0.3) is 0 Å². The van der Waals surface area contributed by atoms with E-state index >= 15 is 0 Å². The summed E-state index contributed by atoms with van der Waals surface area (Å²) in [6.07, 6.45) is 4.40. The fourth-order valence-corrected chi connectivity index (χ4v) is 3.08. The Labute approximate surface area is 147 Å². The molecule has 0 bridgehead atoms. The topological polar surface area (TPSA) is 95.1 Å². The molecule has 3 rings (SSSR count). The average Bonchev–Trinajstić information content (AvgIpc) is 3.18. The van der Waals surface area contributed by atoms with E-state index in [1.807, 2.05) is 27.0 Å². The number of aryl methyl sites for hydroxylation is 3. The predicted octanol–water partition coefficient (Wildman–Crippen LogP) is 1.74. The molecule has 2 atom stereocenters. The van der Waals surface area contributed by atoms with Crippen molar-refractivity contribution in [2.24, 2.45) is 0 Å². The van der Waals surface area contributed by atoms with Crippen molar-refractivity contribution in [3.8, 4) is 0 Å². The van der Waals surface area contributed by atoms with Gasteiger partial charge in [0.05, 0.1) is 5.69 Å². The lowest BCUT2D eigenvalue weighted by Crippen LogP contribution is -2.41. The zero-order valence-corrected chi connectivity index (χ0v) is 15.0. The number of ether oxygens (including phenoxy) is 1. The maximum atomic E-state index is 12.2. The first-order valence-electron chi connectivity index (χ1n) is 8.81. The SMILES string of the molecule is CCO[C@@H](C)c1noc(CCC(=O)N[C@H]2CCc3nc(C)cn3C2)n1. The molecular formula is C17H25N5O3. The summed E-state index contributed by atoms with van der Waals surface area (Å²) in [5, 5.41) is 6.99. The minimum absolute atomic E-state index is 0.00268. The average molecular weight is 347 g/mol. The number of nitrogens with one attached hydrogen (secondary N) is 1. The van der Waals surface area contributed by atoms with Crippen molar-refractivity contribution in [3.05, 3.63) is 29.4 Å². The summed E-state index contributed by atoms with van der Waals surface area (Å²) in [4.78, 5) is 21.0. The second-order valence-corrected chi connectivity index (χ2v) is 6.40. The summed E-state index contributed by atoms with van der Waals surface area (Å²) in [6.45, 7) is 7.15. The lowest BCUT2D eigenvalue weighted by molar-refractivity contribution is -0.122. The summed E-state index contributed by atoms with van der Waals surface area (Å²) in [5.74, 6) is 2.09. The van der Waals surface area contributed by atoms with E-state index in [1.165, 1.54) is 0 Å². The van der Waals surface area contributed by atoms with E-state index in [9.17, 15) is 4.79 Å². The van der Waals surface area contributed by atoms with Crippen LogP contribution in [-0.2, 0) is 28.9 Å². The van der Waals surface area contributed by atoms with E-state index in [4.69, 9.17) is 9.26 Å². The van der Waals surface area contributed by atoms with Gasteiger partial charge in [-0.05, 0) is 27.2 Å². The quantitative estimate of drug-likeness (QED) is 0.820. The molecule has 0 saturated heterocycles. The van der Waals surface area contributed by atoms with Crippen molar-refractivity contribution in [2.45, 2.75) is 65.1 Å². The van der Waals surface area contributed by atoms with Crippen molar-refractivity contribution in [1.29, 1.82) is 0 Å². The largest absolute Gasteiger partial charge is 0.371 e. The molecule has 0 radical (unpaired) electrons. The van der Waals surface area contributed by atoms with Crippen LogP contribution in [-0.4, -0.2) is 38.2 Å². The minimum Gasteiger partial charge on any atom is -0.371 e. The fourth-order valence-electron chi connectivity index (χ4n) is 3.08. The summed E-state index contributed by atoms with van der Waals surface area (Å²) in [6, 6.07) is 0.143. The second-order valence-electron chi connectivity index (χ2n) is 6.40. The zero-order valence-electron chi connectivity index (χ0n) is 15.0. The molecule has 1 aliphatic heterocycles. The van der Waals surface area contributed by atoms with Crippen LogP contribution in [0.5, 0.6) is 0 Å². The Kier molecular flexibility index (Phi) is 5.47. The number of nitrogens with zero attached hydrogens (tertiary/aromatic N) is 4. The Bertz CT molecular complexity index is 724. The van der Waals surface area contributed by atoms with Crippen LogP contribution in [0.25, 0.3) is 0 Å². The van der Waals surface area contributed by atoms with Crippen LogP contribution < -0.4 is 5.32 Å². The van der Waals surface area contributed by atoms with E-state index < -0.39 is 0 Å². The van der Waals surface area contributed by atoms with Crippen LogP contribution in [0.4, 0.5) is 0 Å². The highest BCUT2D eigenvalue weighted by molar-refractivity contribution is 5.76. The molecule has 0 spiro atoms. The van der Waals surface area contributed by atoms with Crippen LogP contribution in [0.2, 0.25) is 0 Å². The number of carbonyl (C=O) groups excluding carboxylic acids is 1. The van der Waals surface area contributed by atoms with Crippen molar-refractivity contribution >= 4 is 5.91 Å². The Morgan fingerprint density at radius 1 is 1.52 bits per heavy atom. The number of hydrogen-bond donors (Lipinski definition) is 1. The van der Waals surface area contributed by atoms with Crippen molar-refractivity contribution < 1.29 is 14.1 Å². The molecule has 8 nitrogen and oxygen atoms in total. The fraction of sp³-hybridized carbons (Fsp3) is 0.647. The number of aromatic nitrogens is 4. The standard InChI is InChI=1S/C17H25N5O3/c1-4-24-12(3)17-20-16(25-21-17)8-7-15(23)19-13-5-6-14-18-11(2)9-22(14)10-13/h9,12-13H,4-8,10H2,1-3H3,(H,19,23)/t12-,13-/m0/s1. The van der Waals surface area contributed by atoms with E-state index in [1.54, 1.807) is 0 Å². The molecule has 2 aromatic rings. The van der Waals surface area contributed by atoms with Crippen LogP contribution >= 0.6 is 0 Å². The number of fused-ring (bicyclic) bond motifs is 1. The Morgan fingerprint density at radius 2 is 2.36 bits per heavy atom.